The van der Waals surface area contributed by atoms with Gasteiger partial charge in [-0.05, 0) is 35.4 Å². The smallest absolute Gasteiger partial charge is 0.255 e. The summed E-state index contributed by atoms with van der Waals surface area (Å²) in [5.74, 6) is -0.381. The fraction of sp³-hybridized carbons (Fsp3) is 0.150. The van der Waals surface area contributed by atoms with Crippen LogP contribution in [0.3, 0.4) is 0 Å². The van der Waals surface area contributed by atoms with Gasteiger partial charge in [0, 0.05) is 37.6 Å². The molecule has 0 radical (unpaired) electrons. The van der Waals surface area contributed by atoms with Crippen LogP contribution < -0.4 is 5.32 Å². The molecule has 6 nitrogen and oxygen atoms in total. The van der Waals surface area contributed by atoms with E-state index in [4.69, 9.17) is 4.42 Å². The van der Waals surface area contributed by atoms with E-state index >= 15 is 0 Å². The van der Waals surface area contributed by atoms with Crippen molar-refractivity contribution in [1.82, 2.24) is 15.2 Å². The van der Waals surface area contributed by atoms with Gasteiger partial charge in [0.05, 0.1) is 23.7 Å². The van der Waals surface area contributed by atoms with E-state index in [-0.39, 0.29) is 11.8 Å². The number of hydrogen-bond acceptors (Lipinski definition) is 4. The molecule has 1 aliphatic rings. The Labute approximate surface area is 150 Å². The van der Waals surface area contributed by atoms with Crippen molar-refractivity contribution in [1.29, 1.82) is 0 Å². The molecule has 3 aromatic rings. The van der Waals surface area contributed by atoms with Crippen molar-refractivity contribution in [3.63, 3.8) is 0 Å². The molecule has 2 amide bonds. The minimum absolute atomic E-state index is 0.120. The summed E-state index contributed by atoms with van der Waals surface area (Å²) in [6.45, 7) is 1.35. The third kappa shape index (κ3) is 3.09. The van der Waals surface area contributed by atoms with E-state index in [0.717, 1.165) is 16.7 Å². The van der Waals surface area contributed by atoms with Crippen LogP contribution >= 0.6 is 0 Å². The molecular weight excluding hydrogens is 330 g/mol. The summed E-state index contributed by atoms with van der Waals surface area (Å²) in [7, 11) is 0. The van der Waals surface area contributed by atoms with Gasteiger partial charge in [-0.2, -0.15) is 0 Å². The molecule has 0 spiro atoms. The van der Waals surface area contributed by atoms with Crippen molar-refractivity contribution in [3.8, 4) is 0 Å². The summed E-state index contributed by atoms with van der Waals surface area (Å²) in [4.78, 5) is 31.2. The van der Waals surface area contributed by atoms with E-state index in [9.17, 15) is 9.59 Å². The predicted octanol–water partition coefficient (Wildman–Crippen LogP) is 2.76. The van der Waals surface area contributed by atoms with Gasteiger partial charge in [-0.25, -0.2) is 0 Å². The monoisotopic (exact) mass is 347 g/mol. The Morgan fingerprint density at radius 1 is 1.15 bits per heavy atom. The van der Waals surface area contributed by atoms with E-state index in [0.29, 0.717) is 30.8 Å². The van der Waals surface area contributed by atoms with E-state index in [1.54, 1.807) is 42.0 Å². The average Bonchev–Trinajstić information content (AvgIpc) is 3.29. The Kier molecular flexibility index (Phi) is 4.23. The maximum atomic E-state index is 12.9. The molecule has 26 heavy (non-hydrogen) atoms. The minimum Gasteiger partial charge on any atom is -0.472 e. The van der Waals surface area contributed by atoms with Gasteiger partial charge in [-0.15, -0.1) is 0 Å². The summed E-state index contributed by atoms with van der Waals surface area (Å²) in [5.41, 5.74) is 3.66. The van der Waals surface area contributed by atoms with Gasteiger partial charge in [-0.3, -0.25) is 14.6 Å². The number of aromatic nitrogens is 1. The minimum atomic E-state index is -0.262. The van der Waals surface area contributed by atoms with Crippen LogP contribution in [0.4, 0.5) is 0 Å². The highest BCUT2D eigenvalue weighted by Gasteiger charge is 2.31. The third-order valence-corrected chi connectivity index (χ3v) is 4.41. The molecule has 4 rings (SSSR count). The van der Waals surface area contributed by atoms with E-state index in [1.807, 2.05) is 24.3 Å². The van der Waals surface area contributed by atoms with Gasteiger partial charge in [-0.1, -0.05) is 12.1 Å². The standard InChI is InChI=1S/C20H17N3O3/c24-19(22-10-15-6-9-26-13-15)17-3-1-2-16-12-23(20(25)18(16)17)11-14-4-7-21-8-5-14/h1-9,13H,10-12H2,(H,22,24). The molecule has 0 saturated carbocycles. The molecule has 130 valence electrons. The first-order chi connectivity index (χ1) is 12.7. The summed E-state index contributed by atoms with van der Waals surface area (Å²) in [6, 6.07) is 11.0. The van der Waals surface area contributed by atoms with E-state index < -0.39 is 0 Å². The zero-order chi connectivity index (χ0) is 17.9. The number of furan rings is 1. The Morgan fingerprint density at radius 3 is 2.77 bits per heavy atom. The number of pyridine rings is 1. The topological polar surface area (TPSA) is 75.4 Å². The molecule has 0 aliphatic carbocycles. The van der Waals surface area contributed by atoms with Crippen LogP contribution in [0.15, 0.2) is 65.7 Å². The van der Waals surface area contributed by atoms with Crippen molar-refractivity contribution in [3.05, 3.63) is 89.1 Å². The number of rotatable bonds is 5. The maximum absolute atomic E-state index is 12.9. The molecule has 1 aliphatic heterocycles. The summed E-state index contributed by atoms with van der Waals surface area (Å²) in [6.07, 6.45) is 6.55. The molecule has 0 atom stereocenters. The van der Waals surface area contributed by atoms with Gasteiger partial charge in [0.25, 0.3) is 11.8 Å². The number of benzene rings is 1. The Morgan fingerprint density at radius 2 is 2.00 bits per heavy atom. The number of nitrogens with one attached hydrogen (secondary N) is 1. The number of carbonyl (C=O) groups is 2. The molecule has 0 bridgehead atoms. The van der Waals surface area contributed by atoms with Crippen LogP contribution in [0, 0.1) is 0 Å². The second-order valence-electron chi connectivity index (χ2n) is 6.17. The predicted molar refractivity (Wildman–Crippen MR) is 94.1 cm³/mol. The molecular formula is C20H17N3O3. The van der Waals surface area contributed by atoms with Crippen molar-refractivity contribution in [2.45, 2.75) is 19.6 Å². The van der Waals surface area contributed by atoms with Crippen molar-refractivity contribution in [2.24, 2.45) is 0 Å². The highest BCUT2D eigenvalue weighted by molar-refractivity contribution is 6.09. The molecule has 2 aromatic heterocycles. The second kappa shape index (κ2) is 6.84. The molecule has 3 heterocycles. The van der Waals surface area contributed by atoms with Gasteiger partial charge in [0.15, 0.2) is 0 Å². The third-order valence-electron chi connectivity index (χ3n) is 4.41. The van der Waals surface area contributed by atoms with Gasteiger partial charge >= 0.3 is 0 Å². The van der Waals surface area contributed by atoms with Crippen molar-refractivity contribution in [2.75, 3.05) is 0 Å². The zero-order valence-electron chi connectivity index (χ0n) is 14.0. The van der Waals surface area contributed by atoms with Gasteiger partial charge in [0.1, 0.15) is 0 Å². The van der Waals surface area contributed by atoms with Crippen LogP contribution in [-0.4, -0.2) is 21.7 Å². The first-order valence-corrected chi connectivity index (χ1v) is 8.32. The number of hydrogen-bond donors (Lipinski definition) is 1. The largest absolute Gasteiger partial charge is 0.472 e. The highest BCUT2D eigenvalue weighted by atomic mass is 16.3. The first kappa shape index (κ1) is 16.1. The Hall–Kier alpha value is -3.41. The fourth-order valence-electron chi connectivity index (χ4n) is 3.12. The maximum Gasteiger partial charge on any atom is 0.255 e. The van der Waals surface area contributed by atoms with Gasteiger partial charge < -0.3 is 14.6 Å². The lowest BCUT2D eigenvalue weighted by molar-refractivity contribution is 0.0761. The molecule has 1 aromatic carbocycles. The molecule has 6 heteroatoms. The van der Waals surface area contributed by atoms with Crippen LogP contribution in [-0.2, 0) is 19.6 Å². The molecule has 0 saturated heterocycles. The zero-order valence-corrected chi connectivity index (χ0v) is 14.0. The van der Waals surface area contributed by atoms with Crippen molar-refractivity contribution < 1.29 is 14.0 Å². The molecule has 0 fully saturated rings. The Balaban J connectivity index is 1.53. The number of carbonyl (C=O) groups excluding carboxylic acids is 2. The lowest BCUT2D eigenvalue weighted by Crippen LogP contribution is -2.27. The average molecular weight is 347 g/mol. The summed E-state index contributed by atoms with van der Waals surface area (Å²) in [5, 5.41) is 2.84. The van der Waals surface area contributed by atoms with Crippen molar-refractivity contribution >= 4 is 11.8 Å². The SMILES string of the molecule is O=C(NCc1ccoc1)c1cccc2c1C(=O)N(Cc1ccncc1)C2. The van der Waals surface area contributed by atoms with Crippen LogP contribution in [0.1, 0.15) is 37.4 Å². The van der Waals surface area contributed by atoms with E-state index in [2.05, 4.69) is 10.3 Å². The molecule has 1 N–H and O–H groups in total. The van der Waals surface area contributed by atoms with Crippen LogP contribution in [0.2, 0.25) is 0 Å². The summed E-state index contributed by atoms with van der Waals surface area (Å²) < 4.78 is 5.00. The van der Waals surface area contributed by atoms with E-state index in [1.165, 1.54) is 0 Å². The quantitative estimate of drug-likeness (QED) is 0.770. The summed E-state index contributed by atoms with van der Waals surface area (Å²) >= 11 is 0. The second-order valence-corrected chi connectivity index (χ2v) is 6.17. The normalized spacial score (nSPS) is 12.9. The van der Waals surface area contributed by atoms with Crippen LogP contribution in [0.25, 0.3) is 0 Å². The number of amides is 2. The molecule has 0 unspecified atom stereocenters. The lowest BCUT2D eigenvalue weighted by Gasteiger charge is -2.15. The first-order valence-electron chi connectivity index (χ1n) is 8.32. The fourth-order valence-corrected chi connectivity index (χ4v) is 3.12. The van der Waals surface area contributed by atoms with Gasteiger partial charge in [0.2, 0.25) is 0 Å². The number of fused-ring (bicyclic) bond motifs is 1. The lowest BCUT2D eigenvalue weighted by atomic mass is 10.0. The Bertz CT molecular complexity index is 936. The number of nitrogens with zero attached hydrogens (tertiary/aromatic N) is 2. The highest BCUT2D eigenvalue weighted by Crippen LogP contribution is 2.27. The van der Waals surface area contributed by atoms with Crippen LogP contribution in [0.5, 0.6) is 0 Å².